The second kappa shape index (κ2) is 7.50. The Bertz CT molecular complexity index is 2880. The first-order chi connectivity index (χ1) is 22.7. The van der Waals surface area contributed by atoms with Crippen LogP contribution in [0.5, 0.6) is 11.5 Å². The minimum atomic E-state index is -0.821. The van der Waals surface area contributed by atoms with Gasteiger partial charge in [0.25, 0.3) is 5.82 Å². The van der Waals surface area contributed by atoms with Crippen molar-refractivity contribution in [2.24, 2.45) is 0 Å². The second-order valence-electron chi connectivity index (χ2n) is 12.4. The van der Waals surface area contributed by atoms with Gasteiger partial charge in [-0.25, -0.2) is 0 Å². The van der Waals surface area contributed by atoms with Crippen LogP contribution in [0.3, 0.4) is 0 Å². The van der Waals surface area contributed by atoms with E-state index in [1.807, 2.05) is 12.3 Å². The predicted octanol–water partition coefficient (Wildman–Crippen LogP) is 6.84. The predicted molar refractivity (Wildman–Crippen MR) is 172 cm³/mol. The molecule has 3 aliphatic rings. The lowest BCUT2D eigenvalue weighted by Crippen LogP contribution is -2.77. The van der Waals surface area contributed by atoms with Crippen molar-refractivity contribution in [1.82, 2.24) is 19.3 Å². The number of fused-ring (bicyclic) bond motifs is 10. The first kappa shape index (κ1) is 23.1. The Hall–Kier alpha value is -6.28. The van der Waals surface area contributed by atoms with E-state index in [1.165, 1.54) is 10.8 Å². The van der Waals surface area contributed by atoms with E-state index in [4.69, 9.17) is 14.3 Å². The number of para-hydroxylation sites is 1. The number of furan rings is 1. The van der Waals surface area contributed by atoms with Gasteiger partial charge in [0.2, 0.25) is 0 Å². The van der Waals surface area contributed by atoms with Crippen LogP contribution in [0.2, 0.25) is 0 Å². The standard InChI is InChI=1S/C38H22N6O2/c1-21-36(22-12-13-24-26-20-39-17-16-29(26)45-32(24)19-22)40-44-38-34-28(43(21)44)9-6-10-30(34)46-31-15-14-25-23-7-2-3-8-27(23)42(37(25)35(31)38)33-11-4-5-18-41(33)38/h2-20H,1H3/q+2. The van der Waals surface area contributed by atoms with Gasteiger partial charge in [0.15, 0.2) is 22.3 Å². The average molecular weight is 595 g/mol. The molecule has 0 radical (unpaired) electrons. The molecule has 0 bridgehead atoms. The molecule has 9 aromatic rings. The normalized spacial score (nSPS) is 16.6. The maximum absolute atomic E-state index is 6.78. The van der Waals surface area contributed by atoms with Crippen LogP contribution in [-0.4, -0.2) is 19.3 Å². The molecule has 1 spiro atoms. The van der Waals surface area contributed by atoms with Crippen molar-refractivity contribution in [2.45, 2.75) is 12.6 Å². The molecule has 1 unspecified atom stereocenters. The Kier molecular flexibility index (Phi) is 3.77. The van der Waals surface area contributed by atoms with Crippen molar-refractivity contribution in [3.8, 4) is 34.3 Å². The lowest BCUT2D eigenvalue weighted by Gasteiger charge is -2.31. The molecule has 8 heterocycles. The lowest BCUT2D eigenvalue weighted by atomic mass is 9.84. The molecule has 0 amide bonds. The number of ether oxygens (including phenoxy) is 1. The highest BCUT2D eigenvalue weighted by Gasteiger charge is 2.70. The van der Waals surface area contributed by atoms with Gasteiger partial charge in [-0.3, -0.25) is 4.98 Å². The third-order valence-corrected chi connectivity index (χ3v) is 10.2. The summed E-state index contributed by atoms with van der Waals surface area (Å²) in [5.41, 5.74) is 9.29. The summed E-state index contributed by atoms with van der Waals surface area (Å²) in [6, 6.07) is 34.0. The second-order valence-corrected chi connectivity index (χ2v) is 12.4. The highest BCUT2D eigenvalue weighted by atomic mass is 16.5. The zero-order valence-corrected chi connectivity index (χ0v) is 24.5. The van der Waals surface area contributed by atoms with E-state index in [2.05, 4.69) is 128 Å². The fraction of sp³-hybridized carbons (Fsp3) is 0.0526. The Labute approximate surface area is 260 Å². The van der Waals surface area contributed by atoms with Gasteiger partial charge in [-0.15, -0.1) is 0 Å². The number of aromatic nitrogens is 6. The minimum absolute atomic E-state index is 0.818. The summed E-state index contributed by atoms with van der Waals surface area (Å²) in [6.45, 7) is 2.15. The van der Waals surface area contributed by atoms with Crippen LogP contribution in [-0.2, 0) is 5.66 Å². The van der Waals surface area contributed by atoms with E-state index < -0.39 is 5.66 Å². The van der Waals surface area contributed by atoms with Crippen molar-refractivity contribution >= 4 is 43.7 Å². The summed E-state index contributed by atoms with van der Waals surface area (Å²) >= 11 is 0. The third kappa shape index (κ3) is 2.36. The Morgan fingerprint density at radius 2 is 1.65 bits per heavy atom. The van der Waals surface area contributed by atoms with E-state index in [0.717, 1.165) is 84.1 Å². The highest BCUT2D eigenvalue weighted by molar-refractivity contribution is 6.11. The summed E-state index contributed by atoms with van der Waals surface area (Å²) in [5.74, 6) is 2.75. The number of benzene rings is 4. The molecule has 0 aliphatic carbocycles. The maximum Gasteiger partial charge on any atom is 0.423 e. The topological polar surface area (TPSA) is 65.8 Å². The van der Waals surface area contributed by atoms with Gasteiger partial charge in [0, 0.05) is 50.7 Å². The molecule has 46 heavy (non-hydrogen) atoms. The summed E-state index contributed by atoms with van der Waals surface area (Å²) in [6.07, 6.45) is 5.81. The van der Waals surface area contributed by atoms with Gasteiger partial charge >= 0.3 is 5.66 Å². The minimum Gasteiger partial charge on any atom is -0.456 e. The molecule has 5 aromatic heterocycles. The number of hydrogen-bond acceptors (Lipinski definition) is 4. The average Bonchev–Trinajstić information content (AvgIpc) is 3.82. The Morgan fingerprint density at radius 1 is 0.761 bits per heavy atom. The van der Waals surface area contributed by atoms with Crippen LogP contribution in [0.15, 0.2) is 120 Å². The summed E-state index contributed by atoms with van der Waals surface area (Å²) < 4.78 is 20.1. The molecule has 0 saturated carbocycles. The first-order valence-corrected chi connectivity index (χ1v) is 15.4. The number of pyridine rings is 2. The van der Waals surface area contributed by atoms with Gasteiger partial charge in [0.05, 0.1) is 11.0 Å². The summed E-state index contributed by atoms with van der Waals surface area (Å²) in [4.78, 5) is 6.50. The van der Waals surface area contributed by atoms with Crippen LogP contribution >= 0.6 is 0 Å². The highest BCUT2D eigenvalue weighted by Crippen LogP contribution is 2.55. The van der Waals surface area contributed by atoms with Gasteiger partial charge in [-0.05, 0) is 67.6 Å². The van der Waals surface area contributed by atoms with Crippen LogP contribution in [0.4, 0.5) is 0 Å². The molecule has 0 N–H and O–H groups in total. The third-order valence-electron chi connectivity index (χ3n) is 10.2. The van der Waals surface area contributed by atoms with Crippen LogP contribution in [0, 0.1) is 6.92 Å². The molecule has 3 aliphatic heterocycles. The summed E-state index contributed by atoms with van der Waals surface area (Å²) in [5, 5.41) is 10.00. The van der Waals surface area contributed by atoms with E-state index in [-0.39, 0.29) is 0 Å². The van der Waals surface area contributed by atoms with E-state index in [9.17, 15) is 0 Å². The van der Waals surface area contributed by atoms with Crippen molar-refractivity contribution < 1.29 is 18.5 Å². The number of hydrogen-bond donors (Lipinski definition) is 0. The van der Waals surface area contributed by atoms with Crippen LogP contribution in [0.1, 0.15) is 16.8 Å². The first-order valence-electron chi connectivity index (χ1n) is 15.4. The van der Waals surface area contributed by atoms with Gasteiger partial charge in [-0.2, -0.15) is 9.13 Å². The van der Waals surface area contributed by atoms with E-state index in [0.29, 0.717) is 0 Å². The fourth-order valence-corrected chi connectivity index (χ4v) is 8.49. The fourth-order valence-electron chi connectivity index (χ4n) is 8.49. The lowest BCUT2D eigenvalue weighted by molar-refractivity contribution is -1.02. The molecule has 4 aromatic carbocycles. The smallest absolute Gasteiger partial charge is 0.423 e. The molecule has 1 atom stereocenters. The summed E-state index contributed by atoms with van der Waals surface area (Å²) in [7, 11) is 0. The van der Waals surface area contributed by atoms with Crippen molar-refractivity contribution in [2.75, 3.05) is 0 Å². The molecule has 12 rings (SSSR count). The van der Waals surface area contributed by atoms with Crippen molar-refractivity contribution in [3.05, 3.63) is 132 Å². The molecule has 8 heteroatoms. The molecular formula is C38H22N6O2+2. The molecular weight excluding hydrogens is 572 g/mol. The Balaban J connectivity index is 1.24. The largest absolute Gasteiger partial charge is 0.456 e. The van der Waals surface area contributed by atoms with E-state index >= 15 is 0 Å². The van der Waals surface area contributed by atoms with Crippen LogP contribution < -0.4 is 14.1 Å². The van der Waals surface area contributed by atoms with Gasteiger partial charge in [0.1, 0.15) is 39.6 Å². The maximum atomic E-state index is 6.78. The Morgan fingerprint density at radius 3 is 2.63 bits per heavy atom. The molecule has 214 valence electrons. The van der Waals surface area contributed by atoms with Crippen molar-refractivity contribution in [3.63, 3.8) is 0 Å². The number of nitrogens with zero attached hydrogens (tertiary/aromatic N) is 6. The van der Waals surface area contributed by atoms with Crippen LogP contribution in [0.25, 0.3) is 66.5 Å². The zero-order chi connectivity index (χ0) is 29.9. The van der Waals surface area contributed by atoms with Crippen molar-refractivity contribution in [1.29, 1.82) is 0 Å². The van der Waals surface area contributed by atoms with Gasteiger partial charge < -0.3 is 9.15 Å². The molecule has 8 nitrogen and oxygen atoms in total. The van der Waals surface area contributed by atoms with E-state index in [1.54, 1.807) is 6.20 Å². The van der Waals surface area contributed by atoms with Gasteiger partial charge in [-0.1, -0.05) is 35.0 Å². The SMILES string of the molecule is Cc1c(-c2ccc3c(c2)oc2ccncc23)n[n+]2n1-c1cccc3c1C21c2c(ccc4c5ccccc5n(c24)-c2cccc[n+]21)O3. The molecule has 0 saturated heterocycles. The zero-order valence-electron chi connectivity index (χ0n) is 24.5. The number of rotatable bonds is 1. The molecule has 0 fully saturated rings. The quantitative estimate of drug-likeness (QED) is 0.195. The monoisotopic (exact) mass is 594 g/mol.